The lowest BCUT2D eigenvalue weighted by Gasteiger charge is -2.03. The van der Waals surface area contributed by atoms with Gasteiger partial charge in [-0.3, -0.25) is 4.79 Å². The number of rotatable bonds is 4. The highest BCUT2D eigenvalue weighted by atomic mass is 16.1. The van der Waals surface area contributed by atoms with Crippen molar-refractivity contribution in [2.24, 2.45) is 5.73 Å². The molecule has 4 nitrogen and oxygen atoms in total. The minimum atomic E-state index is -0.108. The van der Waals surface area contributed by atoms with Crippen LogP contribution < -0.4 is 11.1 Å². The van der Waals surface area contributed by atoms with Gasteiger partial charge in [0.2, 0.25) is 5.91 Å². The van der Waals surface area contributed by atoms with Crippen molar-refractivity contribution in [1.82, 2.24) is 5.32 Å². The molecule has 1 atom stereocenters. The number of carbonyl (C=O) groups excluding carboxylic acids is 1. The van der Waals surface area contributed by atoms with Gasteiger partial charge in [0.25, 0.3) is 0 Å². The Morgan fingerprint density at radius 2 is 2.45 bits per heavy atom. The summed E-state index contributed by atoms with van der Waals surface area (Å²) in [7, 11) is 0. The summed E-state index contributed by atoms with van der Waals surface area (Å²) in [5.74, 6) is -0.108. The maximum Gasteiger partial charge on any atom is 0.220 e. The Morgan fingerprint density at radius 3 is 2.91 bits per heavy atom. The maximum absolute atomic E-state index is 10.8. The van der Waals surface area contributed by atoms with Gasteiger partial charge in [-0.05, 0) is 13.3 Å². The highest BCUT2D eigenvalue weighted by molar-refractivity contribution is 5.76. The number of nitrogens with zero attached hydrogens (tertiary/aromatic N) is 1. The van der Waals surface area contributed by atoms with Crippen LogP contribution in [0.4, 0.5) is 0 Å². The van der Waals surface area contributed by atoms with Gasteiger partial charge in [-0.15, -0.1) is 0 Å². The zero-order valence-corrected chi connectivity index (χ0v) is 6.63. The third-order valence-corrected chi connectivity index (χ3v) is 1.19. The van der Waals surface area contributed by atoms with E-state index >= 15 is 0 Å². The maximum atomic E-state index is 10.8. The van der Waals surface area contributed by atoms with Crippen LogP contribution in [0.1, 0.15) is 19.8 Å². The van der Waals surface area contributed by atoms with Gasteiger partial charge in [0.15, 0.2) is 0 Å². The third-order valence-electron chi connectivity index (χ3n) is 1.19. The summed E-state index contributed by atoms with van der Waals surface area (Å²) < 4.78 is 0. The smallest absolute Gasteiger partial charge is 0.220 e. The molecule has 0 bridgehead atoms. The molecule has 0 rings (SSSR count). The Labute approximate surface area is 66.4 Å². The second-order valence-corrected chi connectivity index (χ2v) is 2.45. The number of amides is 1. The van der Waals surface area contributed by atoms with E-state index in [1.54, 1.807) is 0 Å². The molecule has 4 heteroatoms. The van der Waals surface area contributed by atoms with Gasteiger partial charge in [-0.25, -0.2) is 0 Å². The molecule has 1 unspecified atom stereocenters. The SMILES string of the molecule is CC(N)CCC(=O)NCC#N. The summed E-state index contributed by atoms with van der Waals surface area (Å²) in [6.45, 7) is 1.93. The highest BCUT2D eigenvalue weighted by Crippen LogP contribution is 1.91. The number of nitrogens with one attached hydrogen (secondary N) is 1. The summed E-state index contributed by atoms with van der Waals surface area (Å²) in [4.78, 5) is 10.8. The van der Waals surface area contributed by atoms with E-state index in [2.05, 4.69) is 5.32 Å². The van der Waals surface area contributed by atoms with Crippen molar-refractivity contribution in [3.05, 3.63) is 0 Å². The van der Waals surface area contributed by atoms with E-state index in [1.807, 2.05) is 13.0 Å². The first-order chi connectivity index (χ1) is 5.16. The largest absolute Gasteiger partial charge is 0.343 e. The molecular formula is C7H13N3O. The van der Waals surface area contributed by atoms with E-state index in [0.717, 1.165) is 0 Å². The molecule has 0 heterocycles. The molecule has 0 aliphatic rings. The highest BCUT2D eigenvalue weighted by Gasteiger charge is 2.01. The Balaban J connectivity index is 3.32. The summed E-state index contributed by atoms with van der Waals surface area (Å²) >= 11 is 0. The fourth-order valence-electron chi connectivity index (χ4n) is 0.585. The predicted octanol–water partition coefficient (Wildman–Crippen LogP) is -0.246. The Morgan fingerprint density at radius 1 is 1.82 bits per heavy atom. The molecule has 0 saturated heterocycles. The van der Waals surface area contributed by atoms with Gasteiger partial charge in [0.05, 0.1) is 6.07 Å². The molecule has 0 aromatic carbocycles. The van der Waals surface area contributed by atoms with Crippen LogP contribution >= 0.6 is 0 Å². The number of hydrogen-bond donors (Lipinski definition) is 2. The first-order valence-electron chi connectivity index (χ1n) is 3.56. The van der Waals surface area contributed by atoms with Gasteiger partial charge in [-0.2, -0.15) is 5.26 Å². The molecule has 0 aromatic rings. The second-order valence-electron chi connectivity index (χ2n) is 2.45. The van der Waals surface area contributed by atoms with E-state index in [1.165, 1.54) is 0 Å². The van der Waals surface area contributed by atoms with Crippen LogP contribution in [0.5, 0.6) is 0 Å². The third kappa shape index (κ3) is 6.81. The van der Waals surface area contributed by atoms with Crippen LogP contribution in [0.25, 0.3) is 0 Å². The van der Waals surface area contributed by atoms with Crippen LogP contribution in [-0.2, 0) is 4.79 Å². The van der Waals surface area contributed by atoms with Crippen molar-refractivity contribution in [2.75, 3.05) is 6.54 Å². The van der Waals surface area contributed by atoms with Crippen LogP contribution in [0, 0.1) is 11.3 Å². The van der Waals surface area contributed by atoms with E-state index in [-0.39, 0.29) is 18.5 Å². The van der Waals surface area contributed by atoms with Crippen LogP contribution in [0.3, 0.4) is 0 Å². The molecule has 0 saturated carbocycles. The standard InChI is InChI=1S/C7H13N3O/c1-6(9)2-3-7(11)10-5-4-8/h6H,2-3,5,9H2,1H3,(H,10,11). The summed E-state index contributed by atoms with van der Waals surface area (Å²) in [5, 5.41) is 10.5. The van der Waals surface area contributed by atoms with Gasteiger partial charge >= 0.3 is 0 Å². The molecule has 3 N–H and O–H groups in total. The first kappa shape index (κ1) is 9.92. The first-order valence-corrected chi connectivity index (χ1v) is 3.56. The minimum Gasteiger partial charge on any atom is -0.343 e. The number of nitriles is 1. The van der Waals surface area contributed by atoms with Gasteiger partial charge in [-0.1, -0.05) is 0 Å². The quantitative estimate of drug-likeness (QED) is 0.549. The monoisotopic (exact) mass is 155 g/mol. The number of hydrogen-bond acceptors (Lipinski definition) is 3. The number of nitrogens with two attached hydrogens (primary N) is 1. The fourth-order valence-corrected chi connectivity index (χ4v) is 0.585. The van der Waals surface area contributed by atoms with E-state index in [9.17, 15) is 4.79 Å². The summed E-state index contributed by atoms with van der Waals surface area (Å²) in [6, 6.07) is 1.87. The normalized spacial score (nSPS) is 11.7. The lowest BCUT2D eigenvalue weighted by atomic mass is 10.2. The Hall–Kier alpha value is -1.08. The molecule has 0 radical (unpaired) electrons. The van der Waals surface area contributed by atoms with Crippen molar-refractivity contribution in [2.45, 2.75) is 25.8 Å². The molecule has 0 aliphatic carbocycles. The molecule has 1 amide bonds. The zero-order chi connectivity index (χ0) is 8.69. The Kier molecular flexibility index (Phi) is 5.13. The van der Waals surface area contributed by atoms with E-state index < -0.39 is 0 Å². The molecule has 62 valence electrons. The van der Waals surface area contributed by atoms with E-state index in [0.29, 0.717) is 12.8 Å². The number of carbonyl (C=O) groups is 1. The van der Waals surface area contributed by atoms with Crippen molar-refractivity contribution >= 4 is 5.91 Å². The van der Waals surface area contributed by atoms with Crippen LogP contribution in [0.2, 0.25) is 0 Å². The second kappa shape index (κ2) is 5.69. The fraction of sp³-hybridized carbons (Fsp3) is 0.714. The zero-order valence-electron chi connectivity index (χ0n) is 6.63. The average Bonchev–Trinajstić information content (AvgIpc) is 1.97. The van der Waals surface area contributed by atoms with Crippen molar-refractivity contribution < 1.29 is 4.79 Å². The van der Waals surface area contributed by atoms with Crippen molar-refractivity contribution in [3.63, 3.8) is 0 Å². The van der Waals surface area contributed by atoms with Crippen LogP contribution in [-0.4, -0.2) is 18.5 Å². The summed E-state index contributed by atoms with van der Waals surface area (Å²) in [5.41, 5.74) is 5.42. The Bertz CT molecular complexity index is 160. The van der Waals surface area contributed by atoms with Gasteiger partial charge < -0.3 is 11.1 Å². The molecule has 11 heavy (non-hydrogen) atoms. The molecule has 0 spiro atoms. The summed E-state index contributed by atoms with van der Waals surface area (Å²) in [6.07, 6.45) is 1.07. The lowest BCUT2D eigenvalue weighted by molar-refractivity contribution is -0.121. The van der Waals surface area contributed by atoms with Crippen molar-refractivity contribution in [3.8, 4) is 6.07 Å². The van der Waals surface area contributed by atoms with Crippen LogP contribution in [0.15, 0.2) is 0 Å². The molecule has 0 aliphatic heterocycles. The van der Waals surface area contributed by atoms with Gasteiger partial charge in [0.1, 0.15) is 6.54 Å². The van der Waals surface area contributed by atoms with E-state index in [4.69, 9.17) is 11.0 Å². The predicted molar refractivity (Wildman–Crippen MR) is 41.5 cm³/mol. The van der Waals surface area contributed by atoms with Crippen molar-refractivity contribution in [1.29, 1.82) is 5.26 Å². The molecule has 0 fully saturated rings. The molecule has 0 aromatic heterocycles. The molecular weight excluding hydrogens is 142 g/mol. The minimum absolute atomic E-state index is 0.0443. The lowest BCUT2D eigenvalue weighted by Crippen LogP contribution is -2.25. The average molecular weight is 155 g/mol. The topological polar surface area (TPSA) is 78.9 Å². The van der Waals surface area contributed by atoms with Gasteiger partial charge in [0, 0.05) is 12.5 Å².